The molecule has 1 unspecified atom stereocenters. The molecule has 0 bridgehead atoms. The monoisotopic (exact) mass is 362 g/mol. The second kappa shape index (κ2) is 7.10. The van der Waals surface area contributed by atoms with Crippen LogP contribution in [0.4, 0.5) is 5.00 Å². The van der Waals surface area contributed by atoms with Crippen LogP contribution in [0.3, 0.4) is 0 Å². The van der Waals surface area contributed by atoms with Crippen LogP contribution in [-0.2, 0) is 22.4 Å². The van der Waals surface area contributed by atoms with Crippen molar-refractivity contribution in [2.75, 3.05) is 11.9 Å². The van der Waals surface area contributed by atoms with E-state index in [0.29, 0.717) is 16.5 Å². The molecule has 2 amide bonds. The van der Waals surface area contributed by atoms with Crippen LogP contribution in [0.15, 0.2) is 22.8 Å². The predicted molar refractivity (Wildman–Crippen MR) is 91.6 cm³/mol. The van der Waals surface area contributed by atoms with Gasteiger partial charge in [0.25, 0.3) is 11.8 Å². The maximum Gasteiger partial charge on any atom is 0.374 e. The smallest absolute Gasteiger partial charge is 0.374 e. The van der Waals surface area contributed by atoms with Gasteiger partial charge in [-0.3, -0.25) is 9.59 Å². The number of thiophene rings is 1. The van der Waals surface area contributed by atoms with Gasteiger partial charge in [0.1, 0.15) is 5.00 Å². The highest BCUT2D eigenvalue weighted by molar-refractivity contribution is 7.17. The van der Waals surface area contributed by atoms with Crippen LogP contribution in [0.25, 0.3) is 0 Å². The van der Waals surface area contributed by atoms with Gasteiger partial charge in [0, 0.05) is 4.88 Å². The summed E-state index contributed by atoms with van der Waals surface area (Å²) < 4.78 is 9.78. The Hall–Kier alpha value is -2.61. The summed E-state index contributed by atoms with van der Waals surface area (Å²) in [6, 6.07) is 2.99. The van der Waals surface area contributed by atoms with Crippen molar-refractivity contribution < 1.29 is 23.5 Å². The molecule has 3 N–H and O–H groups in total. The molecular formula is C17H18N2O5S. The van der Waals surface area contributed by atoms with Gasteiger partial charge in [0.2, 0.25) is 5.76 Å². The minimum absolute atomic E-state index is 0.0196. The minimum atomic E-state index is -0.727. The maximum absolute atomic E-state index is 12.1. The molecule has 0 fully saturated rings. The lowest BCUT2D eigenvalue weighted by molar-refractivity contribution is -0.119. The molecule has 2 heterocycles. The van der Waals surface area contributed by atoms with E-state index in [1.807, 2.05) is 0 Å². The maximum atomic E-state index is 12.1. The highest BCUT2D eigenvalue weighted by Gasteiger charge is 2.27. The normalized spacial score (nSPS) is 16.1. The van der Waals surface area contributed by atoms with E-state index in [9.17, 15) is 14.4 Å². The number of carbonyl (C=O) groups excluding carboxylic acids is 3. The number of primary amides is 1. The third kappa shape index (κ3) is 3.74. The van der Waals surface area contributed by atoms with Crippen molar-refractivity contribution >= 4 is 34.1 Å². The standard InChI is InChI=1S/C17H18N2O5S/c1-9-4-5-10-12(7-9)25-16(14(10)15(18)21)19-13(20)8-24-17(22)11-3-2-6-23-11/h2-3,6,9H,4-5,7-8H2,1H3,(H2,18,21)(H,19,20). The second-order valence-corrected chi connectivity index (χ2v) is 7.13. The average molecular weight is 362 g/mol. The summed E-state index contributed by atoms with van der Waals surface area (Å²) >= 11 is 1.36. The lowest BCUT2D eigenvalue weighted by Gasteiger charge is -2.18. The molecule has 0 aliphatic heterocycles. The molecule has 1 aliphatic carbocycles. The van der Waals surface area contributed by atoms with Gasteiger partial charge in [0.05, 0.1) is 11.8 Å². The van der Waals surface area contributed by atoms with E-state index in [2.05, 4.69) is 12.2 Å². The third-order valence-electron chi connectivity index (χ3n) is 4.07. The van der Waals surface area contributed by atoms with E-state index in [-0.39, 0.29) is 5.76 Å². The van der Waals surface area contributed by atoms with Gasteiger partial charge in [-0.15, -0.1) is 11.3 Å². The molecule has 0 radical (unpaired) electrons. The first-order valence-corrected chi connectivity index (χ1v) is 8.72. The first kappa shape index (κ1) is 17.2. The van der Waals surface area contributed by atoms with Crippen LogP contribution in [0, 0.1) is 5.92 Å². The minimum Gasteiger partial charge on any atom is -0.457 e. The van der Waals surface area contributed by atoms with E-state index in [0.717, 1.165) is 29.7 Å². The fraction of sp³-hybridized carbons (Fsp3) is 0.353. The van der Waals surface area contributed by atoms with Crippen molar-refractivity contribution in [2.24, 2.45) is 11.7 Å². The number of nitrogens with two attached hydrogens (primary N) is 1. The number of carbonyl (C=O) groups is 3. The molecule has 8 heteroatoms. The summed E-state index contributed by atoms with van der Waals surface area (Å²) in [5.74, 6) is -1.27. The number of esters is 1. The van der Waals surface area contributed by atoms with Crippen molar-refractivity contribution in [1.82, 2.24) is 0 Å². The Morgan fingerprint density at radius 3 is 2.92 bits per heavy atom. The third-order valence-corrected chi connectivity index (χ3v) is 5.24. The van der Waals surface area contributed by atoms with E-state index in [1.54, 1.807) is 6.07 Å². The fourth-order valence-electron chi connectivity index (χ4n) is 2.86. The van der Waals surface area contributed by atoms with Gasteiger partial charge < -0.3 is 20.2 Å². The number of anilines is 1. The van der Waals surface area contributed by atoms with E-state index < -0.39 is 24.4 Å². The van der Waals surface area contributed by atoms with Crippen LogP contribution in [0.5, 0.6) is 0 Å². The molecule has 25 heavy (non-hydrogen) atoms. The molecule has 7 nitrogen and oxygen atoms in total. The van der Waals surface area contributed by atoms with Crippen molar-refractivity contribution in [2.45, 2.75) is 26.2 Å². The largest absolute Gasteiger partial charge is 0.457 e. The lowest BCUT2D eigenvalue weighted by Crippen LogP contribution is -2.23. The summed E-state index contributed by atoms with van der Waals surface area (Å²) in [4.78, 5) is 36.6. The van der Waals surface area contributed by atoms with Crippen LogP contribution in [0.1, 0.15) is 44.7 Å². The molecule has 3 rings (SSSR count). The number of amides is 2. The Bertz CT molecular complexity index is 809. The zero-order chi connectivity index (χ0) is 18.0. The van der Waals surface area contributed by atoms with Gasteiger partial charge in [0.15, 0.2) is 6.61 Å². The molecule has 1 aliphatic rings. The number of hydrogen-bond donors (Lipinski definition) is 2. The van der Waals surface area contributed by atoms with E-state index >= 15 is 0 Å². The summed E-state index contributed by atoms with van der Waals surface area (Å²) in [6.45, 7) is 1.68. The molecule has 0 saturated heterocycles. The first-order valence-electron chi connectivity index (χ1n) is 7.90. The quantitative estimate of drug-likeness (QED) is 0.793. The molecule has 0 aromatic carbocycles. The number of nitrogens with one attached hydrogen (secondary N) is 1. The highest BCUT2D eigenvalue weighted by Crippen LogP contribution is 2.39. The SMILES string of the molecule is CC1CCc2c(sc(NC(=O)COC(=O)c3ccco3)c2C(N)=O)C1. The van der Waals surface area contributed by atoms with E-state index in [4.69, 9.17) is 14.9 Å². The fourth-order valence-corrected chi connectivity index (χ4v) is 4.29. The molecule has 0 spiro atoms. The zero-order valence-electron chi connectivity index (χ0n) is 13.7. The number of rotatable bonds is 5. The van der Waals surface area contributed by atoms with Crippen LogP contribution >= 0.6 is 11.3 Å². The average Bonchev–Trinajstić information content (AvgIpc) is 3.19. The summed E-state index contributed by atoms with van der Waals surface area (Å²) in [6.07, 6.45) is 3.96. The van der Waals surface area contributed by atoms with Gasteiger partial charge in [-0.25, -0.2) is 4.79 Å². The molecular weight excluding hydrogens is 344 g/mol. The summed E-state index contributed by atoms with van der Waals surface area (Å²) in [5.41, 5.74) is 6.80. The molecule has 132 valence electrons. The van der Waals surface area contributed by atoms with E-state index in [1.165, 1.54) is 23.7 Å². The molecule has 2 aromatic rings. The van der Waals surface area contributed by atoms with Crippen LogP contribution < -0.4 is 11.1 Å². The topological polar surface area (TPSA) is 112 Å². The van der Waals surface area contributed by atoms with Gasteiger partial charge >= 0.3 is 5.97 Å². The Morgan fingerprint density at radius 1 is 1.44 bits per heavy atom. The Kier molecular flexibility index (Phi) is 4.89. The second-order valence-electron chi connectivity index (χ2n) is 6.02. The summed E-state index contributed by atoms with van der Waals surface area (Å²) in [5, 5.41) is 3.06. The van der Waals surface area contributed by atoms with Crippen LogP contribution in [0.2, 0.25) is 0 Å². The van der Waals surface area contributed by atoms with Crippen molar-refractivity contribution in [3.8, 4) is 0 Å². The number of furan rings is 1. The van der Waals surface area contributed by atoms with Crippen molar-refractivity contribution in [1.29, 1.82) is 0 Å². The number of ether oxygens (including phenoxy) is 1. The summed E-state index contributed by atoms with van der Waals surface area (Å²) in [7, 11) is 0. The lowest BCUT2D eigenvalue weighted by atomic mass is 9.88. The molecule has 0 saturated carbocycles. The zero-order valence-corrected chi connectivity index (χ0v) is 14.5. The number of hydrogen-bond acceptors (Lipinski definition) is 6. The Labute approximate surface area is 148 Å². The molecule has 1 atom stereocenters. The Balaban J connectivity index is 1.69. The van der Waals surface area contributed by atoms with Gasteiger partial charge in [-0.05, 0) is 42.9 Å². The van der Waals surface area contributed by atoms with Gasteiger partial charge in [-0.1, -0.05) is 6.92 Å². The first-order chi connectivity index (χ1) is 12.0. The van der Waals surface area contributed by atoms with Crippen molar-refractivity contribution in [3.63, 3.8) is 0 Å². The number of fused-ring (bicyclic) bond motifs is 1. The Morgan fingerprint density at radius 2 is 2.24 bits per heavy atom. The molecule has 2 aromatic heterocycles. The predicted octanol–water partition coefficient (Wildman–Crippen LogP) is 2.36. The van der Waals surface area contributed by atoms with Crippen LogP contribution in [-0.4, -0.2) is 24.4 Å². The van der Waals surface area contributed by atoms with Crippen molar-refractivity contribution in [3.05, 3.63) is 40.2 Å². The highest BCUT2D eigenvalue weighted by atomic mass is 32.1. The van der Waals surface area contributed by atoms with Gasteiger partial charge in [-0.2, -0.15) is 0 Å².